The topological polar surface area (TPSA) is 68.0 Å². The van der Waals surface area contributed by atoms with E-state index in [0.29, 0.717) is 18.7 Å². The predicted molar refractivity (Wildman–Crippen MR) is 99.1 cm³/mol. The zero-order valence-corrected chi connectivity index (χ0v) is 14.3. The van der Waals surface area contributed by atoms with Crippen LogP contribution >= 0.6 is 24.2 Å². The van der Waals surface area contributed by atoms with Gasteiger partial charge in [0.1, 0.15) is 5.03 Å². The first-order valence-electron chi connectivity index (χ1n) is 7.09. The van der Waals surface area contributed by atoms with Gasteiger partial charge >= 0.3 is 0 Å². The Kier molecular flexibility index (Phi) is 9.05. The third-order valence-corrected chi connectivity index (χ3v) is 3.83. The fourth-order valence-corrected chi connectivity index (χ4v) is 2.64. The molecule has 0 radical (unpaired) electrons. The third kappa shape index (κ3) is 6.44. The van der Waals surface area contributed by atoms with Gasteiger partial charge in [-0.15, -0.1) is 24.2 Å². The van der Waals surface area contributed by atoms with Crippen molar-refractivity contribution < 1.29 is 4.79 Å². The Morgan fingerprint density at radius 2 is 2.00 bits per heavy atom. The van der Waals surface area contributed by atoms with Crippen molar-refractivity contribution >= 4 is 36.2 Å². The van der Waals surface area contributed by atoms with Gasteiger partial charge in [-0.25, -0.2) is 4.98 Å². The summed E-state index contributed by atoms with van der Waals surface area (Å²) in [5.74, 6) is 0.622. The molecular weight excluding hydrogens is 330 g/mol. The molecule has 0 aliphatic carbocycles. The third-order valence-electron chi connectivity index (χ3n) is 2.87. The summed E-state index contributed by atoms with van der Waals surface area (Å²) < 4.78 is 0. The molecule has 3 N–H and O–H groups in total. The van der Waals surface area contributed by atoms with Crippen molar-refractivity contribution in [2.45, 2.75) is 5.03 Å². The molecule has 0 aliphatic rings. The smallest absolute Gasteiger partial charge is 0.254 e. The molecule has 0 spiro atoms. The predicted octanol–water partition coefficient (Wildman–Crippen LogP) is 3.00. The van der Waals surface area contributed by atoms with Crippen LogP contribution in [0.3, 0.4) is 0 Å². The number of thioether (sulfide) groups is 1. The second-order valence-corrected chi connectivity index (χ2v) is 5.53. The zero-order chi connectivity index (χ0) is 15.6. The number of rotatable bonds is 7. The van der Waals surface area contributed by atoms with Crippen LogP contribution < -0.4 is 11.1 Å². The Hall–Kier alpha value is -1.82. The lowest BCUT2D eigenvalue weighted by molar-refractivity contribution is 0.0951. The van der Waals surface area contributed by atoms with Crippen LogP contribution in [0.25, 0.3) is 6.08 Å². The van der Waals surface area contributed by atoms with E-state index in [9.17, 15) is 4.79 Å². The average molecular weight is 350 g/mol. The first-order valence-corrected chi connectivity index (χ1v) is 8.07. The number of nitrogens with one attached hydrogen (secondary N) is 1. The van der Waals surface area contributed by atoms with E-state index < -0.39 is 0 Å². The second-order valence-electron chi connectivity index (χ2n) is 4.52. The van der Waals surface area contributed by atoms with Crippen LogP contribution in [0.15, 0.2) is 59.8 Å². The Balaban J connectivity index is 0.00000264. The number of nitrogens with zero attached hydrogens (tertiary/aromatic N) is 1. The van der Waals surface area contributed by atoms with E-state index in [2.05, 4.69) is 22.5 Å². The summed E-state index contributed by atoms with van der Waals surface area (Å²) in [6.07, 6.45) is 5.82. The number of hydrogen-bond donors (Lipinski definition) is 2. The van der Waals surface area contributed by atoms with Gasteiger partial charge in [-0.2, -0.15) is 0 Å². The lowest BCUT2D eigenvalue weighted by Gasteiger charge is -2.07. The van der Waals surface area contributed by atoms with E-state index in [4.69, 9.17) is 5.73 Å². The number of pyridine rings is 1. The van der Waals surface area contributed by atoms with Gasteiger partial charge < -0.3 is 11.1 Å². The number of halogens is 1. The zero-order valence-electron chi connectivity index (χ0n) is 12.6. The van der Waals surface area contributed by atoms with Gasteiger partial charge in [-0.3, -0.25) is 4.79 Å². The number of carbonyl (C=O) groups excluding carboxylic acids is 1. The van der Waals surface area contributed by atoms with Crippen molar-refractivity contribution in [3.63, 3.8) is 0 Å². The molecule has 2 rings (SSSR count). The van der Waals surface area contributed by atoms with Crippen molar-refractivity contribution in [1.29, 1.82) is 0 Å². The number of hydrogen-bond acceptors (Lipinski definition) is 4. The monoisotopic (exact) mass is 349 g/mol. The molecular formula is C17H20ClN3OS. The van der Waals surface area contributed by atoms with Crippen molar-refractivity contribution in [2.75, 3.05) is 18.8 Å². The molecule has 1 aromatic heterocycles. The molecule has 0 saturated carbocycles. The second kappa shape index (κ2) is 10.8. The molecule has 1 amide bonds. The SMILES string of the molecule is Cl.NCCNC(=O)c1cccnc1SC/C=C/c1ccccc1. The number of aromatic nitrogens is 1. The van der Waals surface area contributed by atoms with Crippen LogP contribution in [-0.4, -0.2) is 29.7 Å². The molecule has 1 aromatic carbocycles. The summed E-state index contributed by atoms with van der Waals surface area (Å²) in [5, 5.41) is 3.50. The highest BCUT2D eigenvalue weighted by Crippen LogP contribution is 2.20. The van der Waals surface area contributed by atoms with Crippen molar-refractivity contribution in [1.82, 2.24) is 10.3 Å². The van der Waals surface area contributed by atoms with E-state index >= 15 is 0 Å². The van der Waals surface area contributed by atoms with Gasteiger partial charge in [0.15, 0.2) is 0 Å². The average Bonchev–Trinajstić information content (AvgIpc) is 2.58. The van der Waals surface area contributed by atoms with E-state index in [0.717, 1.165) is 16.3 Å². The van der Waals surface area contributed by atoms with Crippen LogP contribution in [0, 0.1) is 0 Å². The standard InChI is InChI=1S/C17H19N3OS.ClH/c18-10-12-19-16(21)15-9-4-11-20-17(15)22-13-5-8-14-6-2-1-3-7-14;/h1-9,11H,10,12-13,18H2,(H,19,21);1H/b8-5+;. The lowest BCUT2D eigenvalue weighted by atomic mass is 10.2. The van der Waals surface area contributed by atoms with Crippen LogP contribution in [0.5, 0.6) is 0 Å². The van der Waals surface area contributed by atoms with E-state index in [1.807, 2.05) is 30.3 Å². The molecule has 2 aromatic rings. The van der Waals surface area contributed by atoms with Crippen LogP contribution in [0.4, 0.5) is 0 Å². The highest BCUT2D eigenvalue weighted by atomic mass is 35.5. The molecule has 0 bridgehead atoms. The van der Waals surface area contributed by atoms with E-state index in [-0.39, 0.29) is 18.3 Å². The first kappa shape index (κ1) is 19.2. The molecule has 122 valence electrons. The van der Waals surface area contributed by atoms with Gasteiger partial charge in [0.05, 0.1) is 5.56 Å². The molecule has 0 atom stereocenters. The summed E-state index contributed by atoms with van der Waals surface area (Å²) >= 11 is 1.54. The summed E-state index contributed by atoms with van der Waals surface area (Å²) in [6, 6.07) is 13.6. The summed E-state index contributed by atoms with van der Waals surface area (Å²) in [7, 11) is 0. The Morgan fingerprint density at radius 3 is 2.74 bits per heavy atom. The maximum Gasteiger partial charge on any atom is 0.254 e. The lowest BCUT2D eigenvalue weighted by Crippen LogP contribution is -2.29. The molecule has 23 heavy (non-hydrogen) atoms. The Bertz CT molecular complexity index is 635. The molecule has 1 heterocycles. The van der Waals surface area contributed by atoms with Crippen molar-refractivity contribution in [2.24, 2.45) is 5.73 Å². The van der Waals surface area contributed by atoms with Gasteiger partial charge in [0.2, 0.25) is 0 Å². The quantitative estimate of drug-likeness (QED) is 0.754. The minimum absolute atomic E-state index is 0. The normalized spacial score (nSPS) is 10.3. The number of carbonyl (C=O) groups is 1. The highest BCUT2D eigenvalue weighted by molar-refractivity contribution is 7.99. The summed E-state index contributed by atoms with van der Waals surface area (Å²) in [5.41, 5.74) is 7.15. The molecule has 0 aliphatic heterocycles. The van der Waals surface area contributed by atoms with Crippen LogP contribution in [0.1, 0.15) is 15.9 Å². The highest BCUT2D eigenvalue weighted by Gasteiger charge is 2.11. The fraction of sp³-hybridized carbons (Fsp3) is 0.176. The van der Waals surface area contributed by atoms with E-state index in [1.165, 1.54) is 11.8 Å². The number of benzene rings is 1. The number of amides is 1. The Labute approximate surface area is 147 Å². The minimum Gasteiger partial charge on any atom is -0.351 e. The van der Waals surface area contributed by atoms with Crippen LogP contribution in [-0.2, 0) is 0 Å². The maximum absolute atomic E-state index is 12.0. The molecule has 0 saturated heterocycles. The molecule has 0 fully saturated rings. The maximum atomic E-state index is 12.0. The van der Waals surface area contributed by atoms with Crippen molar-refractivity contribution in [3.8, 4) is 0 Å². The van der Waals surface area contributed by atoms with Gasteiger partial charge in [-0.1, -0.05) is 42.5 Å². The van der Waals surface area contributed by atoms with Gasteiger partial charge in [-0.05, 0) is 17.7 Å². The number of nitrogens with two attached hydrogens (primary N) is 1. The Morgan fingerprint density at radius 1 is 1.22 bits per heavy atom. The van der Waals surface area contributed by atoms with Crippen molar-refractivity contribution in [3.05, 3.63) is 65.9 Å². The molecule has 6 heteroatoms. The van der Waals surface area contributed by atoms with Gasteiger partial charge in [0, 0.05) is 25.0 Å². The van der Waals surface area contributed by atoms with Gasteiger partial charge in [0.25, 0.3) is 5.91 Å². The fourth-order valence-electron chi connectivity index (χ4n) is 1.83. The van der Waals surface area contributed by atoms with Crippen LogP contribution in [0.2, 0.25) is 0 Å². The molecule has 0 unspecified atom stereocenters. The minimum atomic E-state index is -0.131. The summed E-state index contributed by atoms with van der Waals surface area (Å²) in [6.45, 7) is 0.889. The molecule has 4 nitrogen and oxygen atoms in total. The largest absolute Gasteiger partial charge is 0.351 e. The summed E-state index contributed by atoms with van der Waals surface area (Å²) in [4.78, 5) is 16.3. The first-order chi connectivity index (χ1) is 10.8. The van der Waals surface area contributed by atoms with E-state index in [1.54, 1.807) is 18.3 Å².